The predicted octanol–water partition coefficient (Wildman–Crippen LogP) is 2.79. The lowest BCUT2D eigenvalue weighted by molar-refractivity contribution is -0.138. The monoisotopic (exact) mass is 408 g/mol. The number of nitrogens with zero attached hydrogens (tertiary/aromatic N) is 2. The van der Waals surface area contributed by atoms with Gasteiger partial charge < -0.3 is 10.0 Å². The number of aliphatic hydroxyl groups excluding tert-OH is 1. The lowest BCUT2D eigenvalue weighted by Gasteiger charge is -2.36. The van der Waals surface area contributed by atoms with E-state index in [1.54, 1.807) is 23.1 Å². The largest absolute Gasteiger partial charge is 0.396 e. The van der Waals surface area contributed by atoms with Gasteiger partial charge in [0.1, 0.15) is 16.7 Å². The molecule has 2 saturated heterocycles. The third-order valence-corrected chi connectivity index (χ3v) is 6.15. The highest BCUT2D eigenvalue weighted by molar-refractivity contribution is 8.26. The quantitative estimate of drug-likeness (QED) is 0.600. The molecule has 2 amide bonds. The van der Waals surface area contributed by atoms with Crippen LogP contribution >= 0.6 is 24.0 Å². The highest BCUT2D eigenvalue weighted by Crippen LogP contribution is 2.33. The van der Waals surface area contributed by atoms with Gasteiger partial charge in [0, 0.05) is 24.8 Å². The molecule has 1 atom stereocenters. The number of benzene rings is 1. The van der Waals surface area contributed by atoms with Crippen LogP contribution in [0.5, 0.6) is 0 Å². The Balaban J connectivity index is 1.72. The van der Waals surface area contributed by atoms with Crippen LogP contribution in [0, 0.1) is 5.82 Å². The van der Waals surface area contributed by atoms with E-state index in [0.717, 1.165) is 31.0 Å². The molecule has 0 radical (unpaired) electrons. The first kappa shape index (κ1) is 20.0. The minimum Gasteiger partial charge on any atom is -0.396 e. The van der Waals surface area contributed by atoms with Crippen molar-refractivity contribution in [1.82, 2.24) is 9.80 Å². The number of rotatable bonds is 5. The number of piperidine rings is 1. The molecule has 2 heterocycles. The number of amides is 2. The van der Waals surface area contributed by atoms with Gasteiger partial charge in [-0.2, -0.15) is 0 Å². The maximum absolute atomic E-state index is 13.8. The lowest BCUT2D eigenvalue weighted by atomic mass is 9.99. The second-order valence-electron chi connectivity index (χ2n) is 6.54. The van der Waals surface area contributed by atoms with Crippen molar-refractivity contribution in [2.45, 2.75) is 31.7 Å². The fourth-order valence-electron chi connectivity index (χ4n) is 3.37. The first-order valence-electron chi connectivity index (χ1n) is 8.91. The molecule has 1 N–H and O–H groups in total. The molecule has 1 aromatic rings. The predicted molar refractivity (Wildman–Crippen MR) is 107 cm³/mol. The van der Waals surface area contributed by atoms with Gasteiger partial charge in [-0.25, -0.2) is 4.39 Å². The van der Waals surface area contributed by atoms with Crippen LogP contribution in [0.2, 0.25) is 0 Å². The van der Waals surface area contributed by atoms with Gasteiger partial charge in [0.2, 0.25) is 5.91 Å². The van der Waals surface area contributed by atoms with Crippen molar-refractivity contribution in [2.75, 3.05) is 19.7 Å². The maximum atomic E-state index is 13.8. The van der Waals surface area contributed by atoms with Crippen LogP contribution in [0.3, 0.4) is 0 Å². The molecular weight excluding hydrogens is 387 g/mol. The van der Waals surface area contributed by atoms with Crippen molar-refractivity contribution in [3.63, 3.8) is 0 Å². The zero-order chi connectivity index (χ0) is 19.4. The summed E-state index contributed by atoms with van der Waals surface area (Å²) >= 11 is 6.34. The number of thiocarbonyl (C=S) groups is 1. The summed E-state index contributed by atoms with van der Waals surface area (Å²) in [5, 5.41) is 9.22. The van der Waals surface area contributed by atoms with Crippen LogP contribution in [0.15, 0.2) is 29.2 Å². The Morgan fingerprint density at radius 3 is 2.89 bits per heavy atom. The molecular formula is C19H21FN2O3S2. The number of thioether (sulfide) groups is 1. The first-order valence-corrected chi connectivity index (χ1v) is 10.1. The minimum absolute atomic E-state index is 0.00334. The molecule has 27 heavy (non-hydrogen) atoms. The molecule has 8 heteroatoms. The van der Waals surface area contributed by atoms with Crippen molar-refractivity contribution in [3.8, 4) is 0 Å². The molecule has 0 spiro atoms. The zero-order valence-electron chi connectivity index (χ0n) is 14.8. The molecule has 2 aliphatic rings. The third kappa shape index (κ3) is 4.56. The molecule has 5 nitrogen and oxygen atoms in total. The van der Waals surface area contributed by atoms with Gasteiger partial charge in [-0.15, -0.1) is 0 Å². The van der Waals surface area contributed by atoms with Crippen molar-refractivity contribution < 1.29 is 19.1 Å². The van der Waals surface area contributed by atoms with Gasteiger partial charge in [0.05, 0.1) is 4.91 Å². The first-order chi connectivity index (χ1) is 13.0. The van der Waals surface area contributed by atoms with Gasteiger partial charge >= 0.3 is 0 Å². The summed E-state index contributed by atoms with van der Waals surface area (Å²) in [7, 11) is 0. The van der Waals surface area contributed by atoms with Crippen LogP contribution in [-0.4, -0.2) is 56.8 Å². The summed E-state index contributed by atoms with van der Waals surface area (Å²) in [5.74, 6) is -0.965. The average Bonchev–Trinajstić information content (AvgIpc) is 2.92. The van der Waals surface area contributed by atoms with Crippen LogP contribution in [0.25, 0.3) is 6.08 Å². The Kier molecular flexibility index (Phi) is 6.62. The Labute approximate surface area is 167 Å². The van der Waals surface area contributed by atoms with Gasteiger partial charge in [-0.3, -0.25) is 14.5 Å². The molecule has 0 aromatic heterocycles. The van der Waals surface area contributed by atoms with E-state index in [4.69, 9.17) is 12.2 Å². The Hall–Kier alpha value is -1.77. The summed E-state index contributed by atoms with van der Waals surface area (Å²) < 4.78 is 14.1. The fourth-order valence-corrected chi connectivity index (χ4v) is 4.62. The normalized spacial score (nSPS) is 22.0. The Bertz CT molecular complexity index is 782. The number of hydrogen-bond acceptors (Lipinski definition) is 5. The summed E-state index contributed by atoms with van der Waals surface area (Å²) in [6.07, 6.45) is 4.81. The molecule has 2 fully saturated rings. The number of likely N-dealkylation sites (tertiary alicyclic amines) is 1. The lowest BCUT2D eigenvalue weighted by Crippen LogP contribution is -2.49. The Morgan fingerprint density at radius 1 is 1.37 bits per heavy atom. The summed E-state index contributed by atoms with van der Waals surface area (Å²) in [5.41, 5.74) is 0.309. The molecule has 1 unspecified atom stereocenters. The number of hydrogen-bond donors (Lipinski definition) is 1. The molecule has 144 valence electrons. The van der Waals surface area contributed by atoms with Crippen molar-refractivity contribution >= 4 is 46.2 Å². The Morgan fingerprint density at radius 2 is 2.15 bits per heavy atom. The van der Waals surface area contributed by atoms with E-state index in [-0.39, 0.29) is 31.0 Å². The molecule has 1 aromatic carbocycles. The van der Waals surface area contributed by atoms with E-state index in [1.807, 2.05) is 0 Å². The van der Waals surface area contributed by atoms with Gasteiger partial charge in [-0.05, 0) is 37.8 Å². The fraction of sp³-hybridized carbons (Fsp3) is 0.421. The molecule has 3 rings (SSSR count). The highest BCUT2D eigenvalue weighted by Gasteiger charge is 2.36. The standard InChI is InChI=1S/C19H21FN2O3S2/c20-15-7-2-1-5-13(15)11-16-18(25)22(19(26)27-16)12-17(24)21-9-4-3-6-14(21)8-10-23/h1-2,5,7,11,14,23H,3-4,6,8-10,12H2. The summed E-state index contributed by atoms with van der Waals surface area (Å²) in [6, 6.07) is 6.19. The second-order valence-corrected chi connectivity index (χ2v) is 8.21. The zero-order valence-corrected chi connectivity index (χ0v) is 16.4. The third-order valence-electron chi connectivity index (χ3n) is 4.77. The molecule has 0 saturated carbocycles. The van der Waals surface area contributed by atoms with Gasteiger partial charge in [0.25, 0.3) is 5.91 Å². The second kappa shape index (κ2) is 8.95. The highest BCUT2D eigenvalue weighted by atomic mass is 32.2. The van der Waals surface area contributed by atoms with Crippen LogP contribution in [0.1, 0.15) is 31.2 Å². The number of carbonyl (C=O) groups is 2. The van der Waals surface area contributed by atoms with Crippen LogP contribution in [-0.2, 0) is 9.59 Å². The SMILES string of the molecule is O=C1C(=Cc2ccccc2F)SC(=S)N1CC(=O)N1CCCCC1CCO. The van der Waals surface area contributed by atoms with E-state index in [2.05, 4.69) is 0 Å². The topological polar surface area (TPSA) is 60.9 Å². The minimum atomic E-state index is -0.418. The van der Waals surface area contributed by atoms with E-state index < -0.39 is 5.82 Å². The summed E-state index contributed by atoms with van der Waals surface area (Å²) in [6.45, 7) is 0.533. The molecule has 0 bridgehead atoms. The average molecular weight is 409 g/mol. The van der Waals surface area contributed by atoms with Crippen molar-refractivity contribution in [2.24, 2.45) is 0 Å². The van der Waals surface area contributed by atoms with Crippen LogP contribution in [0.4, 0.5) is 4.39 Å². The van der Waals surface area contributed by atoms with Crippen LogP contribution < -0.4 is 0 Å². The number of carbonyl (C=O) groups excluding carboxylic acids is 2. The van der Waals surface area contributed by atoms with E-state index in [9.17, 15) is 19.1 Å². The van der Waals surface area contributed by atoms with Crippen molar-refractivity contribution in [3.05, 3.63) is 40.6 Å². The summed E-state index contributed by atoms with van der Waals surface area (Å²) in [4.78, 5) is 28.8. The van der Waals surface area contributed by atoms with E-state index in [1.165, 1.54) is 17.0 Å². The maximum Gasteiger partial charge on any atom is 0.266 e. The van der Waals surface area contributed by atoms with Crippen molar-refractivity contribution in [1.29, 1.82) is 0 Å². The van der Waals surface area contributed by atoms with E-state index in [0.29, 0.717) is 27.8 Å². The molecule has 2 aliphatic heterocycles. The molecule has 0 aliphatic carbocycles. The van der Waals surface area contributed by atoms with E-state index >= 15 is 0 Å². The van der Waals surface area contributed by atoms with Gasteiger partial charge in [0.15, 0.2) is 0 Å². The smallest absolute Gasteiger partial charge is 0.266 e. The number of aliphatic hydroxyl groups is 1. The van der Waals surface area contributed by atoms with Gasteiger partial charge in [-0.1, -0.05) is 42.2 Å². The number of halogens is 1.